The molecule has 0 unspecified atom stereocenters. The smallest absolute Gasteiger partial charge is 0.249 e. The number of nitrogens with one attached hydrogen (secondary N) is 1. The fourth-order valence-electron chi connectivity index (χ4n) is 3.19. The van der Waals surface area contributed by atoms with E-state index in [1.54, 1.807) is 12.3 Å². The summed E-state index contributed by atoms with van der Waals surface area (Å²) >= 11 is 0. The molecular formula is C16H14N4O5. The van der Waals surface area contributed by atoms with Gasteiger partial charge in [0.25, 0.3) is 0 Å². The molecule has 25 heavy (non-hydrogen) atoms. The van der Waals surface area contributed by atoms with Crippen molar-refractivity contribution in [2.24, 2.45) is 0 Å². The lowest BCUT2D eigenvalue weighted by Crippen LogP contribution is -2.45. The first-order valence-electron chi connectivity index (χ1n) is 7.48. The second kappa shape index (κ2) is 5.37. The van der Waals surface area contributed by atoms with Gasteiger partial charge in [0.1, 0.15) is 30.0 Å². The van der Waals surface area contributed by atoms with Crippen molar-refractivity contribution in [2.75, 3.05) is 11.9 Å². The Morgan fingerprint density at radius 3 is 2.96 bits per heavy atom. The van der Waals surface area contributed by atoms with Crippen molar-refractivity contribution in [3.8, 4) is 12.3 Å². The van der Waals surface area contributed by atoms with Crippen molar-refractivity contribution in [3.63, 3.8) is 0 Å². The third kappa shape index (κ3) is 2.09. The monoisotopic (exact) mass is 342 g/mol. The Kier molecular flexibility index (Phi) is 3.38. The predicted octanol–water partition coefficient (Wildman–Crippen LogP) is -0.989. The molecule has 0 spiro atoms. The van der Waals surface area contributed by atoms with E-state index in [1.807, 2.05) is 0 Å². The van der Waals surface area contributed by atoms with Gasteiger partial charge in [0.15, 0.2) is 11.8 Å². The van der Waals surface area contributed by atoms with Crippen molar-refractivity contribution < 1.29 is 24.9 Å². The summed E-state index contributed by atoms with van der Waals surface area (Å²) < 4.78 is 7.06. The van der Waals surface area contributed by atoms with Crippen molar-refractivity contribution in [1.82, 2.24) is 14.5 Å². The van der Waals surface area contributed by atoms with Gasteiger partial charge in [-0.05, 0) is 6.08 Å². The van der Waals surface area contributed by atoms with Crippen LogP contribution in [0.1, 0.15) is 11.8 Å². The fraction of sp³-hybridized carbons (Fsp3) is 0.312. The number of rotatable bonds is 2. The van der Waals surface area contributed by atoms with Gasteiger partial charge in [-0.15, -0.1) is 6.42 Å². The molecule has 2 aliphatic rings. The van der Waals surface area contributed by atoms with Gasteiger partial charge in [0, 0.05) is 17.8 Å². The van der Waals surface area contributed by atoms with E-state index >= 15 is 0 Å². The zero-order valence-corrected chi connectivity index (χ0v) is 12.8. The number of ether oxygens (including phenoxy) is 1. The molecule has 4 rings (SSSR count). The zero-order valence-electron chi connectivity index (χ0n) is 12.8. The summed E-state index contributed by atoms with van der Waals surface area (Å²) in [5, 5.41) is 33.5. The number of hydrogen-bond donors (Lipinski definition) is 4. The van der Waals surface area contributed by atoms with Gasteiger partial charge in [-0.3, -0.25) is 4.79 Å². The summed E-state index contributed by atoms with van der Waals surface area (Å²) in [6, 6.07) is 0. The highest BCUT2D eigenvalue weighted by Gasteiger charge is 2.55. The molecule has 2 aromatic heterocycles. The van der Waals surface area contributed by atoms with E-state index in [-0.39, 0.29) is 5.91 Å². The van der Waals surface area contributed by atoms with Crippen molar-refractivity contribution >= 4 is 28.8 Å². The third-order valence-electron chi connectivity index (χ3n) is 4.44. The lowest BCUT2D eigenvalue weighted by molar-refractivity contribution is -0.111. The van der Waals surface area contributed by atoms with E-state index in [0.717, 1.165) is 0 Å². The molecule has 128 valence electrons. The van der Waals surface area contributed by atoms with Crippen LogP contribution in [0.4, 0.5) is 5.82 Å². The van der Waals surface area contributed by atoms with Gasteiger partial charge >= 0.3 is 0 Å². The molecule has 0 aliphatic carbocycles. The molecule has 0 bridgehead atoms. The van der Waals surface area contributed by atoms with Crippen LogP contribution in [0.25, 0.3) is 17.1 Å². The van der Waals surface area contributed by atoms with E-state index in [2.05, 4.69) is 21.2 Å². The first-order chi connectivity index (χ1) is 12.0. The largest absolute Gasteiger partial charge is 0.394 e. The van der Waals surface area contributed by atoms with Gasteiger partial charge in [-0.1, -0.05) is 5.92 Å². The third-order valence-corrected chi connectivity index (χ3v) is 4.44. The number of carbonyl (C=O) groups is 1. The summed E-state index contributed by atoms with van der Waals surface area (Å²) in [6.07, 6.45) is 7.52. The summed E-state index contributed by atoms with van der Waals surface area (Å²) in [6.45, 7) is -0.510. The molecule has 4 N–H and O–H groups in total. The van der Waals surface area contributed by atoms with Crippen LogP contribution in [0.15, 0.2) is 18.6 Å². The Balaban J connectivity index is 1.93. The number of amides is 1. The molecule has 2 aliphatic heterocycles. The number of nitrogens with zero attached hydrogens (tertiary/aromatic N) is 3. The fourth-order valence-corrected chi connectivity index (χ4v) is 3.19. The maximum Gasteiger partial charge on any atom is 0.249 e. The summed E-state index contributed by atoms with van der Waals surface area (Å²) in [4.78, 5) is 19.9. The van der Waals surface area contributed by atoms with E-state index in [0.29, 0.717) is 22.4 Å². The Labute approximate surface area is 141 Å². The van der Waals surface area contributed by atoms with Gasteiger partial charge < -0.3 is 29.9 Å². The first kappa shape index (κ1) is 15.7. The molecule has 2 aromatic rings. The van der Waals surface area contributed by atoms with Gasteiger partial charge in [-0.2, -0.15) is 0 Å². The molecule has 1 fully saturated rings. The molecule has 9 nitrogen and oxygen atoms in total. The Hall–Kier alpha value is -2.77. The number of terminal acetylenes is 1. The van der Waals surface area contributed by atoms with E-state index in [4.69, 9.17) is 11.2 Å². The lowest BCUT2D eigenvalue weighted by atomic mass is 9.95. The average Bonchev–Trinajstić information content (AvgIpc) is 3.04. The normalized spacial score (nSPS) is 31.0. The van der Waals surface area contributed by atoms with Gasteiger partial charge in [0.05, 0.1) is 12.0 Å². The first-order valence-corrected chi connectivity index (χ1v) is 7.48. The molecule has 1 saturated heterocycles. The van der Waals surface area contributed by atoms with Crippen LogP contribution in [-0.2, 0) is 9.53 Å². The Morgan fingerprint density at radius 2 is 2.24 bits per heavy atom. The molecule has 4 atom stereocenters. The van der Waals surface area contributed by atoms with Crippen molar-refractivity contribution in [2.45, 2.75) is 24.0 Å². The predicted molar refractivity (Wildman–Crippen MR) is 86.0 cm³/mol. The van der Waals surface area contributed by atoms with E-state index < -0.39 is 30.6 Å². The maximum absolute atomic E-state index is 11.7. The highest BCUT2D eigenvalue weighted by atomic mass is 16.6. The highest BCUT2D eigenvalue weighted by Crippen LogP contribution is 2.41. The van der Waals surface area contributed by atoms with Gasteiger partial charge in [0.2, 0.25) is 5.91 Å². The minimum absolute atomic E-state index is 0.315. The second-order valence-electron chi connectivity index (χ2n) is 5.86. The molecule has 0 saturated carbocycles. The van der Waals surface area contributed by atoms with Gasteiger partial charge in [-0.25, -0.2) is 9.97 Å². The number of aliphatic hydroxyl groups excluding tert-OH is 2. The minimum atomic E-state index is -2.06. The van der Waals surface area contributed by atoms with Crippen LogP contribution in [0, 0.1) is 12.3 Å². The van der Waals surface area contributed by atoms with E-state index in [1.165, 1.54) is 17.0 Å². The summed E-state index contributed by atoms with van der Waals surface area (Å²) in [7, 11) is 0. The van der Waals surface area contributed by atoms with E-state index in [9.17, 15) is 20.1 Å². The van der Waals surface area contributed by atoms with Crippen molar-refractivity contribution in [3.05, 3.63) is 24.2 Å². The summed E-state index contributed by atoms with van der Waals surface area (Å²) in [5.74, 6) is 2.15. The van der Waals surface area contributed by atoms with Crippen LogP contribution in [0.5, 0.6) is 0 Å². The zero-order chi connectivity index (χ0) is 17.8. The number of anilines is 1. The number of carbonyl (C=O) groups excluding carboxylic acids is 1. The number of aliphatic hydroxyl groups is 3. The van der Waals surface area contributed by atoms with Crippen LogP contribution < -0.4 is 5.32 Å². The Morgan fingerprint density at radius 1 is 1.44 bits per heavy atom. The minimum Gasteiger partial charge on any atom is -0.394 e. The summed E-state index contributed by atoms with van der Waals surface area (Å²) in [5.41, 5.74) is -1.08. The molecule has 1 amide bonds. The number of hydrogen-bond acceptors (Lipinski definition) is 7. The molecule has 0 radical (unpaired) electrons. The SMILES string of the molecule is C#C[C@@]1(O)[C@H](O)[C@@H](CO)O[C@H]1n1cc2c3c(ncnc31)NC(=O)C=C2. The highest BCUT2D eigenvalue weighted by molar-refractivity contribution is 6.11. The lowest BCUT2D eigenvalue weighted by Gasteiger charge is -2.26. The maximum atomic E-state index is 11.7. The van der Waals surface area contributed by atoms with Crippen LogP contribution >= 0.6 is 0 Å². The molecular weight excluding hydrogens is 328 g/mol. The standard InChI is InChI=1S/C16H14N4O5/c1-2-16(24)12(23)9(6-21)25-15(16)20-5-8-3-4-10(22)19-13-11(8)14(20)18-7-17-13/h1,3-5,7,9,12,15,21,23-24H,6H2,(H,17,18,19,22)/t9-,12-,15-,16-/m1/s1. The van der Waals surface area contributed by atoms with Crippen molar-refractivity contribution in [1.29, 1.82) is 0 Å². The average molecular weight is 342 g/mol. The molecule has 4 heterocycles. The van der Waals surface area contributed by atoms with Crippen LogP contribution in [0.2, 0.25) is 0 Å². The van der Waals surface area contributed by atoms with Crippen LogP contribution in [0.3, 0.4) is 0 Å². The topological polar surface area (TPSA) is 130 Å². The molecule has 0 aromatic carbocycles. The van der Waals surface area contributed by atoms with Crippen LogP contribution in [-0.4, -0.2) is 60.2 Å². The second-order valence-corrected chi connectivity index (χ2v) is 5.86. The Bertz CT molecular complexity index is 946. The number of aromatic nitrogens is 3. The quantitative estimate of drug-likeness (QED) is 0.516. The molecule has 9 heteroatoms.